The van der Waals surface area contributed by atoms with Gasteiger partial charge in [0.05, 0.1) is 6.20 Å². The lowest BCUT2D eigenvalue weighted by molar-refractivity contribution is 0.126. The molecule has 0 atom stereocenters. The molecule has 0 saturated heterocycles. The Kier molecular flexibility index (Phi) is 1.99. The van der Waals surface area contributed by atoms with Gasteiger partial charge in [0.1, 0.15) is 11.0 Å². The normalized spacial score (nSPS) is 11.9. The summed E-state index contributed by atoms with van der Waals surface area (Å²) in [4.78, 5) is 8.04. The molecule has 3 N–H and O–H groups in total. The summed E-state index contributed by atoms with van der Waals surface area (Å²) in [5.74, 6) is 0.629. The molecule has 2 aromatic heterocycles. The maximum atomic E-state index is 5.66. The fourth-order valence-corrected chi connectivity index (χ4v) is 1.19. The van der Waals surface area contributed by atoms with E-state index >= 15 is 0 Å². The van der Waals surface area contributed by atoms with Crippen LogP contribution in [0.3, 0.4) is 0 Å². The van der Waals surface area contributed by atoms with E-state index in [2.05, 4.69) is 20.2 Å². The number of hydrogen-bond donors (Lipinski definition) is 2. The Bertz CT molecular complexity index is 485. The van der Waals surface area contributed by atoms with Crippen molar-refractivity contribution in [1.82, 2.24) is 20.2 Å². The molecule has 0 aromatic carbocycles. The molecule has 0 fully saturated rings. The summed E-state index contributed by atoms with van der Waals surface area (Å²) in [7, 11) is 0. The van der Waals surface area contributed by atoms with Gasteiger partial charge in [-0.2, -0.15) is 15.1 Å². The SMILES string of the molecule is CC(C)(C)Oc1nc(N)nc2[nH]ncc12. The molecular weight excluding hydrogens is 194 g/mol. The van der Waals surface area contributed by atoms with Crippen LogP contribution in [0, 0.1) is 0 Å². The number of fused-ring (bicyclic) bond motifs is 1. The molecule has 2 aromatic rings. The lowest BCUT2D eigenvalue weighted by Crippen LogP contribution is -2.24. The molecule has 0 unspecified atom stereocenters. The van der Waals surface area contributed by atoms with E-state index < -0.39 is 0 Å². The molecule has 2 heterocycles. The third-order valence-corrected chi connectivity index (χ3v) is 1.69. The maximum Gasteiger partial charge on any atom is 0.230 e. The first kappa shape index (κ1) is 9.70. The zero-order chi connectivity index (χ0) is 11.1. The van der Waals surface area contributed by atoms with E-state index in [4.69, 9.17) is 10.5 Å². The number of hydrogen-bond acceptors (Lipinski definition) is 5. The molecule has 0 amide bonds. The van der Waals surface area contributed by atoms with E-state index in [0.717, 1.165) is 5.39 Å². The quantitative estimate of drug-likeness (QED) is 0.731. The Hall–Kier alpha value is -1.85. The second-order valence-corrected chi connectivity index (χ2v) is 4.23. The third-order valence-electron chi connectivity index (χ3n) is 1.69. The van der Waals surface area contributed by atoms with Crippen molar-refractivity contribution in [3.63, 3.8) is 0 Å². The van der Waals surface area contributed by atoms with E-state index in [9.17, 15) is 0 Å². The first-order valence-electron chi connectivity index (χ1n) is 4.61. The van der Waals surface area contributed by atoms with Gasteiger partial charge < -0.3 is 10.5 Å². The van der Waals surface area contributed by atoms with Gasteiger partial charge in [-0.15, -0.1) is 0 Å². The number of ether oxygens (including phenoxy) is 1. The van der Waals surface area contributed by atoms with Crippen LogP contribution in [0.2, 0.25) is 0 Å². The molecule has 0 aliphatic rings. The van der Waals surface area contributed by atoms with E-state index in [-0.39, 0.29) is 11.5 Å². The number of anilines is 1. The number of nitrogens with zero attached hydrogens (tertiary/aromatic N) is 3. The molecule has 0 saturated carbocycles. The summed E-state index contributed by atoms with van der Waals surface area (Å²) >= 11 is 0. The van der Waals surface area contributed by atoms with Crippen LogP contribution in [-0.2, 0) is 0 Å². The van der Waals surface area contributed by atoms with Gasteiger partial charge >= 0.3 is 0 Å². The lowest BCUT2D eigenvalue weighted by atomic mass is 10.2. The Morgan fingerprint density at radius 2 is 2.07 bits per heavy atom. The van der Waals surface area contributed by atoms with Gasteiger partial charge in [0.2, 0.25) is 11.8 Å². The van der Waals surface area contributed by atoms with Crippen molar-refractivity contribution in [3.05, 3.63) is 6.20 Å². The summed E-state index contributed by atoms with van der Waals surface area (Å²) in [5.41, 5.74) is 5.81. The topological polar surface area (TPSA) is 89.7 Å². The molecule has 6 heteroatoms. The summed E-state index contributed by atoms with van der Waals surface area (Å²) in [5, 5.41) is 7.33. The maximum absolute atomic E-state index is 5.66. The fraction of sp³-hybridized carbons (Fsp3) is 0.444. The summed E-state index contributed by atoms with van der Waals surface area (Å²) in [6.07, 6.45) is 1.62. The largest absolute Gasteiger partial charge is 0.471 e. The molecule has 0 aliphatic heterocycles. The second-order valence-electron chi connectivity index (χ2n) is 4.23. The van der Waals surface area contributed by atoms with Crippen LogP contribution in [0.15, 0.2) is 6.20 Å². The Labute approximate surface area is 86.9 Å². The molecule has 0 aliphatic carbocycles. The summed E-state index contributed by atoms with van der Waals surface area (Å²) < 4.78 is 5.66. The van der Waals surface area contributed by atoms with Crippen molar-refractivity contribution in [2.75, 3.05) is 5.73 Å². The number of nitrogens with one attached hydrogen (secondary N) is 1. The van der Waals surface area contributed by atoms with Crippen molar-refractivity contribution in [3.8, 4) is 5.88 Å². The number of aromatic nitrogens is 4. The first-order valence-corrected chi connectivity index (χ1v) is 4.61. The van der Waals surface area contributed by atoms with Gasteiger partial charge in [-0.3, -0.25) is 5.10 Å². The highest BCUT2D eigenvalue weighted by molar-refractivity contribution is 5.80. The van der Waals surface area contributed by atoms with Crippen LogP contribution in [0.4, 0.5) is 5.95 Å². The number of nitrogen functional groups attached to an aromatic ring is 1. The van der Waals surface area contributed by atoms with E-state index in [1.54, 1.807) is 6.20 Å². The molecule has 0 radical (unpaired) electrons. The van der Waals surface area contributed by atoms with E-state index in [1.165, 1.54) is 0 Å². The molecule has 15 heavy (non-hydrogen) atoms. The fourth-order valence-electron chi connectivity index (χ4n) is 1.19. The van der Waals surface area contributed by atoms with Crippen molar-refractivity contribution >= 4 is 17.0 Å². The van der Waals surface area contributed by atoms with Crippen LogP contribution in [0.5, 0.6) is 5.88 Å². The van der Waals surface area contributed by atoms with E-state index in [1.807, 2.05) is 20.8 Å². The van der Waals surface area contributed by atoms with Gasteiger partial charge in [-0.25, -0.2) is 0 Å². The van der Waals surface area contributed by atoms with Crippen LogP contribution in [-0.4, -0.2) is 25.8 Å². The number of nitrogens with two attached hydrogens (primary N) is 1. The monoisotopic (exact) mass is 207 g/mol. The highest BCUT2D eigenvalue weighted by Gasteiger charge is 2.17. The minimum atomic E-state index is -0.328. The summed E-state index contributed by atoms with van der Waals surface area (Å²) in [6.45, 7) is 5.83. The van der Waals surface area contributed by atoms with Gasteiger partial charge in [-0.1, -0.05) is 0 Å². The third kappa shape index (κ3) is 1.98. The molecular formula is C9H13N5O. The van der Waals surface area contributed by atoms with Crippen LogP contribution in [0.25, 0.3) is 11.0 Å². The van der Waals surface area contributed by atoms with Gasteiger partial charge in [0, 0.05) is 0 Å². The number of H-pyrrole nitrogens is 1. The van der Waals surface area contributed by atoms with Crippen LogP contribution in [0.1, 0.15) is 20.8 Å². The molecule has 0 bridgehead atoms. The Morgan fingerprint density at radius 3 is 2.73 bits per heavy atom. The molecule has 2 rings (SSSR count). The van der Waals surface area contributed by atoms with E-state index in [0.29, 0.717) is 11.5 Å². The molecule has 80 valence electrons. The average molecular weight is 207 g/mol. The zero-order valence-corrected chi connectivity index (χ0v) is 8.90. The number of aromatic amines is 1. The molecule has 6 nitrogen and oxygen atoms in total. The smallest absolute Gasteiger partial charge is 0.230 e. The van der Waals surface area contributed by atoms with Crippen molar-refractivity contribution < 1.29 is 4.74 Å². The minimum absolute atomic E-state index is 0.172. The van der Waals surface area contributed by atoms with Gasteiger partial charge in [0.15, 0.2) is 5.65 Å². The van der Waals surface area contributed by atoms with Crippen LogP contribution < -0.4 is 10.5 Å². The standard InChI is InChI=1S/C9H13N5O/c1-9(2,3)15-7-5-4-11-14-6(5)12-8(10)13-7/h4H,1-3H3,(H3,10,11,12,13,14). The van der Waals surface area contributed by atoms with Crippen LogP contribution >= 0.6 is 0 Å². The van der Waals surface area contributed by atoms with Gasteiger partial charge in [-0.05, 0) is 20.8 Å². The minimum Gasteiger partial charge on any atom is -0.471 e. The first-order chi connectivity index (χ1) is 6.96. The molecule has 0 spiro atoms. The van der Waals surface area contributed by atoms with Crippen molar-refractivity contribution in [2.24, 2.45) is 0 Å². The Balaban J connectivity index is 2.53. The highest BCUT2D eigenvalue weighted by atomic mass is 16.5. The van der Waals surface area contributed by atoms with Gasteiger partial charge in [0.25, 0.3) is 0 Å². The second kappa shape index (κ2) is 3.08. The lowest BCUT2D eigenvalue weighted by Gasteiger charge is -2.20. The van der Waals surface area contributed by atoms with Crippen molar-refractivity contribution in [1.29, 1.82) is 0 Å². The Morgan fingerprint density at radius 1 is 1.33 bits per heavy atom. The van der Waals surface area contributed by atoms with Crippen molar-refractivity contribution in [2.45, 2.75) is 26.4 Å². The predicted octanol–water partition coefficient (Wildman–Crippen LogP) is 1.11. The summed E-state index contributed by atoms with van der Waals surface area (Å²) in [6, 6.07) is 0. The highest BCUT2D eigenvalue weighted by Crippen LogP contribution is 2.24. The average Bonchev–Trinajstić information content (AvgIpc) is 2.48. The predicted molar refractivity (Wildman–Crippen MR) is 56.5 cm³/mol. The zero-order valence-electron chi connectivity index (χ0n) is 8.90. The number of rotatable bonds is 1.